The number of ether oxygens (including phenoxy) is 2. The third-order valence-corrected chi connectivity index (χ3v) is 2.69. The van der Waals surface area contributed by atoms with E-state index in [0.29, 0.717) is 11.3 Å². The highest BCUT2D eigenvalue weighted by Crippen LogP contribution is 2.15. The molecule has 0 atom stereocenters. The minimum atomic E-state index is -0.408. The summed E-state index contributed by atoms with van der Waals surface area (Å²) in [5, 5.41) is 0. The van der Waals surface area contributed by atoms with Gasteiger partial charge in [-0.15, -0.1) is 0 Å². The Balaban J connectivity index is 1.79. The Labute approximate surface area is 121 Å². The fraction of sp³-hybridized carbons (Fsp3) is 0.133. The SMILES string of the molecule is NNC(=O)c1ccc(OCCOc2ccccc2F)cc1. The molecule has 21 heavy (non-hydrogen) atoms. The molecule has 2 aromatic carbocycles. The Kier molecular flexibility index (Phi) is 5.11. The molecule has 2 rings (SSSR count). The summed E-state index contributed by atoms with van der Waals surface area (Å²) in [6.45, 7) is 0.475. The van der Waals surface area contributed by atoms with Crippen LogP contribution < -0.4 is 20.7 Å². The smallest absolute Gasteiger partial charge is 0.265 e. The number of carbonyl (C=O) groups is 1. The van der Waals surface area contributed by atoms with Crippen molar-refractivity contribution in [1.82, 2.24) is 5.43 Å². The Hall–Kier alpha value is -2.60. The van der Waals surface area contributed by atoms with E-state index in [9.17, 15) is 9.18 Å². The van der Waals surface area contributed by atoms with Gasteiger partial charge in [0.2, 0.25) is 0 Å². The van der Waals surface area contributed by atoms with E-state index in [1.165, 1.54) is 6.07 Å². The Morgan fingerprint density at radius 3 is 2.38 bits per heavy atom. The summed E-state index contributed by atoms with van der Waals surface area (Å²) in [6, 6.07) is 12.6. The fourth-order valence-corrected chi connectivity index (χ4v) is 1.66. The molecule has 6 heteroatoms. The highest BCUT2D eigenvalue weighted by molar-refractivity contribution is 5.93. The molecule has 5 nitrogen and oxygen atoms in total. The van der Waals surface area contributed by atoms with E-state index in [1.54, 1.807) is 42.5 Å². The zero-order valence-corrected chi connectivity index (χ0v) is 11.2. The molecule has 2 aromatic rings. The number of rotatable bonds is 6. The molecule has 3 N–H and O–H groups in total. The number of nitrogen functional groups attached to an aromatic ring is 1. The van der Waals surface area contributed by atoms with Crippen molar-refractivity contribution in [2.45, 2.75) is 0 Å². The van der Waals surface area contributed by atoms with E-state index < -0.39 is 5.82 Å². The second-order valence-electron chi connectivity index (χ2n) is 4.13. The van der Waals surface area contributed by atoms with Gasteiger partial charge in [0, 0.05) is 5.56 Å². The molecular weight excluding hydrogens is 275 g/mol. The van der Waals surface area contributed by atoms with Crippen LogP contribution in [-0.4, -0.2) is 19.1 Å². The van der Waals surface area contributed by atoms with Crippen LogP contribution in [0.3, 0.4) is 0 Å². The highest BCUT2D eigenvalue weighted by atomic mass is 19.1. The van der Waals surface area contributed by atoms with E-state index in [1.807, 2.05) is 5.43 Å². The lowest BCUT2D eigenvalue weighted by molar-refractivity contribution is 0.0953. The first kappa shape index (κ1) is 14.8. The number of nitrogens with two attached hydrogens (primary N) is 1. The molecule has 0 saturated carbocycles. The topological polar surface area (TPSA) is 73.6 Å². The van der Waals surface area contributed by atoms with E-state index in [2.05, 4.69) is 0 Å². The van der Waals surface area contributed by atoms with E-state index in [4.69, 9.17) is 15.3 Å². The maximum absolute atomic E-state index is 13.3. The van der Waals surface area contributed by atoms with Gasteiger partial charge in [0.05, 0.1) is 0 Å². The van der Waals surface area contributed by atoms with Crippen LogP contribution in [-0.2, 0) is 0 Å². The van der Waals surface area contributed by atoms with Crippen molar-refractivity contribution in [2.75, 3.05) is 13.2 Å². The summed E-state index contributed by atoms with van der Waals surface area (Å²) in [6.07, 6.45) is 0. The number of carbonyl (C=O) groups excluding carboxylic acids is 1. The summed E-state index contributed by atoms with van der Waals surface area (Å²) in [5.41, 5.74) is 2.48. The van der Waals surface area contributed by atoms with Gasteiger partial charge in [0.15, 0.2) is 11.6 Å². The van der Waals surface area contributed by atoms with Gasteiger partial charge < -0.3 is 9.47 Å². The van der Waals surface area contributed by atoms with Crippen molar-refractivity contribution in [2.24, 2.45) is 5.84 Å². The standard InChI is InChI=1S/C15H15FN2O3/c16-13-3-1-2-4-14(13)21-10-9-20-12-7-5-11(6-8-12)15(19)18-17/h1-8H,9-10,17H2,(H,18,19). The van der Waals surface area contributed by atoms with Crippen LogP contribution in [0.15, 0.2) is 48.5 Å². The van der Waals surface area contributed by atoms with Crippen molar-refractivity contribution in [3.63, 3.8) is 0 Å². The van der Waals surface area contributed by atoms with Crippen molar-refractivity contribution >= 4 is 5.91 Å². The normalized spacial score (nSPS) is 10.0. The third-order valence-electron chi connectivity index (χ3n) is 2.69. The van der Waals surface area contributed by atoms with Crippen LogP contribution in [0.25, 0.3) is 0 Å². The molecule has 0 radical (unpaired) electrons. The molecule has 0 aliphatic heterocycles. The lowest BCUT2D eigenvalue weighted by Gasteiger charge is -2.09. The third kappa shape index (κ3) is 4.19. The summed E-state index contributed by atoms with van der Waals surface area (Å²) in [7, 11) is 0. The number of nitrogens with one attached hydrogen (secondary N) is 1. The lowest BCUT2D eigenvalue weighted by Crippen LogP contribution is -2.29. The second-order valence-corrected chi connectivity index (χ2v) is 4.13. The molecule has 0 spiro atoms. The van der Waals surface area contributed by atoms with Crippen LogP contribution in [0.1, 0.15) is 10.4 Å². The van der Waals surface area contributed by atoms with Gasteiger partial charge in [-0.25, -0.2) is 10.2 Å². The summed E-state index contributed by atoms with van der Waals surface area (Å²) in [5.74, 6) is 5.03. The summed E-state index contributed by atoms with van der Waals surface area (Å²) in [4.78, 5) is 11.2. The van der Waals surface area contributed by atoms with Crippen molar-refractivity contribution in [3.05, 3.63) is 59.9 Å². The average molecular weight is 290 g/mol. The molecule has 0 heterocycles. The van der Waals surface area contributed by atoms with Crippen molar-refractivity contribution < 1.29 is 18.7 Å². The van der Waals surface area contributed by atoms with E-state index in [-0.39, 0.29) is 24.9 Å². The minimum absolute atomic E-state index is 0.191. The van der Waals surface area contributed by atoms with E-state index >= 15 is 0 Å². The zero-order valence-electron chi connectivity index (χ0n) is 11.2. The van der Waals surface area contributed by atoms with Gasteiger partial charge in [-0.2, -0.15) is 0 Å². The van der Waals surface area contributed by atoms with Gasteiger partial charge in [-0.1, -0.05) is 12.1 Å². The van der Waals surface area contributed by atoms with Crippen molar-refractivity contribution in [3.8, 4) is 11.5 Å². The molecule has 110 valence electrons. The van der Waals surface area contributed by atoms with Crippen LogP contribution in [0.5, 0.6) is 11.5 Å². The minimum Gasteiger partial charge on any atom is -0.490 e. The number of amides is 1. The quantitative estimate of drug-likeness (QED) is 0.369. The zero-order chi connectivity index (χ0) is 15.1. The maximum atomic E-state index is 13.3. The van der Waals surface area contributed by atoms with Gasteiger partial charge >= 0.3 is 0 Å². The van der Waals surface area contributed by atoms with E-state index in [0.717, 1.165) is 0 Å². The predicted molar refractivity (Wildman–Crippen MR) is 75.5 cm³/mol. The summed E-state index contributed by atoms with van der Waals surface area (Å²) < 4.78 is 24.0. The maximum Gasteiger partial charge on any atom is 0.265 e. The number of hydrogen-bond acceptors (Lipinski definition) is 4. The Bertz CT molecular complexity index is 602. The summed E-state index contributed by atoms with van der Waals surface area (Å²) >= 11 is 0. The van der Waals surface area contributed by atoms with Gasteiger partial charge in [0.1, 0.15) is 19.0 Å². The first-order valence-corrected chi connectivity index (χ1v) is 6.32. The molecule has 1 amide bonds. The number of benzene rings is 2. The molecule has 0 aliphatic rings. The molecular formula is C15H15FN2O3. The molecule has 0 aliphatic carbocycles. The Morgan fingerprint density at radius 1 is 1.05 bits per heavy atom. The molecule has 0 bridgehead atoms. The van der Waals surface area contributed by atoms with Crippen LogP contribution >= 0.6 is 0 Å². The highest BCUT2D eigenvalue weighted by Gasteiger charge is 2.04. The monoisotopic (exact) mass is 290 g/mol. The molecule has 0 aromatic heterocycles. The van der Waals surface area contributed by atoms with Gasteiger partial charge in [-0.05, 0) is 36.4 Å². The first-order valence-electron chi connectivity index (χ1n) is 6.32. The second kappa shape index (κ2) is 7.25. The largest absolute Gasteiger partial charge is 0.490 e. The molecule has 0 fully saturated rings. The number of hydrazine groups is 1. The molecule has 0 unspecified atom stereocenters. The van der Waals surface area contributed by atoms with Crippen LogP contribution in [0.2, 0.25) is 0 Å². The lowest BCUT2D eigenvalue weighted by atomic mass is 10.2. The van der Waals surface area contributed by atoms with Crippen LogP contribution in [0.4, 0.5) is 4.39 Å². The Morgan fingerprint density at radius 2 is 1.71 bits per heavy atom. The van der Waals surface area contributed by atoms with Gasteiger partial charge in [0.25, 0.3) is 5.91 Å². The first-order chi connectivity index (χ1) is 10.2. The number of para-hydroxylation sites is 1. The number of hydrogen-bond donors (Lipinski definition) is 2. The van der Waals surface area contributed by atoms with Gasteiger partial charge in [-0.3, -0.25) is 10.2 Å². The fourth-order valence-electron chi connectivity index (χ4n) is 1.66. The molecule has 0 saturated heterocycles. The predicted octanol–water partition coefficient (Wildman–Crippen LogP) is 1.89. The number of halogens is 1. The van der Waals surface area contributed by atoms with Crippen LogP contribution in [0, 0.1) is 5.82 Å². The average Bonchev–Trinajstić information content (AvgIpc) is 2.53. The van der Waals surface area contributed by atoms with Crippen molar-refractivity contribution in [1.29, 1.82) is 0 Å².